The summed E-state index contributed by atoms with van der Waals surface area (Å²) in [5.41, 5.74) is 0.197. The number of carbonyl (C=O) groups is 2. The number of fused-ring (bicyclic) bond motifs is 5. The lowest BCUT2D eigenvalue weighted by Gasteiger charge is -2.60. The van der Waals surface area contributed by atoms with Crippen molar-refractivity contribution in [3.8, 4) is 0 Å². The molecule has 3 saturated carbocycles. The molecule has 5 heteroatoms. The number of ether oxygens (including phenoxy) is 1. The zero-order chi connectivity index (χ0) is 21.9. The summed E-state index contributed by atoms with van der Waals surface area (Å²) in [5, 5.41) is 3.24. The first-order chi connectivity index (χ1) is 14.0. The molecule has 0 aromatic heterocycles. The normalized spacial score (nSPS) is 42.9. The number of hydrogen-bond donors (Lipinski definition) is 1. The van der Waals surface area contributed by atoms with Crippen molar-refractivity contribution >= 4 is 12.0 Å². The first kappa shape index (κ1) is 21.7. The Kier molecular flexibility index (Phi) is 5.26. The van der Waals surface area contributed by atoms with Gasteiger partial charge in [-0.15, -0.1) is 0 Å². The van der Waals surface area contributed by atoms with E-state index in [-0.39, 0.29) is 34.3 Å². The van der Waals surface area contributed by atoms with Crippen molar-refractivity contribution in [2.45, 2.75) is 85.2 Å². The number of nitrogens with zero attached hydrogens (tertiary/aromatic N) is 1. The molecule has 4 rings (SSSR count). The average molecular weight is 417 g/mol. The Labute approximate surface area is 182 Å². The Balaban J connectivity index is 1.48. The molecule has 7 atom stereocenters. The highest BCUT2D eigenvalue weighted by Gasteiger charge is 2.60. The molecule has 1 aliphatic heterocycles. The molecule has 1 N–H and O–H groups in total. The zero-order valence-corrected chi connectivity index (χ0v) is 19.7. The van der Waals surface area contributed by atoms with Crippen LogP contribution in [0, 0.1) is 34.0 Å². The predicted molar refractivity (Wildman–Crippen MR) is 118 cm³/mol. The van der Waals surface area contributed by atoms with Gasteiger partial charge in [-0.25, -0.2) is 4.79 Å². The molecule has 2 amide bonds. The van der Waals surface area contributed by atoms with E-state index >= 15 is 0 Å². The Morgan fingerprint density at radius 2 is 1.90 bits per heavy atom. The lowest BCUT2D eigenvalue weighted by Crippen LogP contribution is -2.60. The number of likely N-dealkylation sites (N-methyl/N-ethyl adjacent to an activating group) is 1. The van der Waals surface area contributed by atoms with Crippen LogP contribution in [0.2, 0.25) is 0 Å². The van der Waals surface area contributed by atoms with Gasteiger partial charge in [0.2, 0.25) is 5.91 Å². The minimum absolute atomic E-state index is 0.0202. The fourth-order valence-electron chi connectivity index (χ4n) is 7.44. The third kappa shape index (κ3) is 3.46. The van der Waals surface area contributed by atoms with Crippen LogP contribution in [0.25, 0.3) is 0 Å². The minimum atomic E-state index is -0.259. The van der Waals surface area contributed by atoms with E-state index in [1.165, 1.54) is 19.3 Å². The third-order valence-electron chi connectivity index (χ3n) is 9.06. The predicted octanol–water partition coefficient (Wildman–Crippen LogP) is 4.77. The van der Waals surface area contributed by atoms with E-state index in [1.807, 2.05) is 11.9 Å². The number of rotatable bonds is 2. The molecule has 0 unspecified atom stereocenters. The third-order valence-corrected chi connectivity index (χ3v) is 9.06. The standard InChI is InChI=1S/C25H40N2O3/c1-23(2,3)15-30-22(29)26-19-9-8-17-16-7-10-20-25(5,14-12-21(28)27(20)6)18(16)11-13-24(17,19)4/h12,14,16-20H,7-11,13,15H2,1-6H3,(H,26,29)/t16-,17-,18-,19-,20+,24-,25+/m0/s1. The Morgan fingerprint density at radius 3 is 2.60 bits per heavy atom. The summed E-state index contributed by atoms with van der Waals surface area (Å²) in [7, 11) is 1.97. The van der Waals surface area contributed by atoms with E-state index in [4.69, 9.17) is 4.74 Å². The molecule has 0 aromatic carbocycles. The highest BCUT2D eigenvalue weighted by Crippen LogP contribution is 2.63. The number of nitrogens with one attached hydrogen (secondary N) is 1. The van der Waals surface area contributed by atoms with E-state index in [1.54, 1.807) is 6.08 Å². The van der Waals surface area contributed by atoms with Gasteiger partial charge in [0.25, 0.3) is 0 Å². The summed E-state index contributed by atoms with van der Waals surface area (Å²) in [5.74, 6) is 2.08. The quantitative estimate of drug-likeness (QED) is 0.706. The Hall–Kier alpha value is -1.52. The van der Waals surface area contributed by atoms with Crippen LogP contribution in [0.3, 0.4) is 0 Å². The summed E-state index contributed by atoms with van der Waals surface area (Å²) < 4.78 is 5.51. The maximum absolute atomic E-state index is 12.5. The van der Waals surface area contributed by atoms with Crippen molar-refractivity contribution in [3.05, 3.63) is 12.2 Å². The lowest BCUT2D eigenvalue weighted by atomic mass is 9.48. The fraction of sp³-hybridized carbons (Fsp3) is 0.840. The summed E-state index contributed by atoms with van der Waals surface area (Å²) in [4.78, 5) is 26.7. The minimum Gasteiger partial charge on any atom is -0.449 e. The van der Waals surface area contributed by atoms with Gasteiger partial charge in [0.15, 0.2) is 0 Å². The van der Waals surface area contributed by atoms with Crippen LogP contribution in [0.5, 0.6) is 0 Å². The topological polar surface area (TPSA) is 58.6 Å². The molecule has 4 aliphatic rings. The fourth-order valence-corrected chi connectivity index (χ4v) is 7.44. The smallest absolute Gasteiger partial charge is 0.407 e. The van der Waals surface area contributed by atoms with E-state index in [9.17, 15) is 9.59 Å². The Morgan fingerprint density at radius 1 is 1.17 bits per heavy atom. The van der Waals surface area contributed by atoms with Gasteiger partial charge >= 0.3 is 6.09 Å². The second-order valence-electron chi connectivity index (χ2n) is 12.1. The van der Waals surface area contributed by atoms with Crippen molar-refractivity contribution in [2.75, 3.05) is 13.7 Å². The molecular weight excluding hydrogens is 376 g/mol. The van der Waals surface area contributed by atoms with Gasteiger partial charge in [0, 0.05) is 24.5 Å². The van der Waals surface area contributed by atoms with E-state index < -0.39 is 0 Å². The molecule has 168 valence electrons. The van der Waals surface area contributed by atoms with Crippen LogP contribution in [-0.4, -0.2) is 42.6 Å². The highest BCUT2D eigenvalue weighted by molar-refractivity contribution is 5.89. The van der Waals surface area contributed by atoms with Crippen molar-refractivity contribution < 1.29 is 14.3 Å². The summed E-state index contributed by atoms with van der Waals surface area (Å²) >= 11 is 0. The molecule has 0 radical (unpaired) electrons. The van der Waals surface area contributed by atoms with Crippen molar-refractivity contribution in [1.82, 2.24) is 10.2 Å². The molecule has 3 aliphatic carbocycles. The van der Waals surface area contributed by atoms with Gasteiger partial charge in [-0.2, -0.15) is 0 Å². The lowest BCUT2D eigenvalue weighted by molar-refractivity contribution is -0.138. The first-order valence-electron chi connectivity index (χ1n) is 11.8. The maximum atomic E-state index is 12.5. The highest BCUT2D eigenvalue weighted by atomic mass is 16.5. The first-order valence-corrected chi connectivity index (χ1v) is 11.8. The monoisotopic (exact) mass is 416 g/mol. The second-order valence-corrected chi connectivity index (χ2v) is 12.1. The van der Waals surface area contributed by atoms with Crippen molar-refractivity contribution in [3.63, 3.8) is 0 Å². The molecule has 0 spiro atoms. The van der Waals surface area contributed by atoms with Crippen LogP contribution in [0.1, 0.15) is 73.1 Å². The Bertz CT molecular complexity index is 741. The largest absolute Gasteiger partial charge is 0.449 e. The molecule has 5 nitrogen and oxygen atoms in total. The van der Waals surface area contributed by atoms with Gasteiger partial charge in [0.05, 0.1) is 6.61 Å². The number of hydrogen-bond acceptors (Lipinski definition) is 3. The van der Waals surface area contributed by atoms with Crippen LogP contribution >= 0.6 is 0 Å². The number of alkyl carbamates (subject to hydrolysis) is 1. The molecule has 30 heavy (non-hydrogen) atoms. The van der Waals surface area contributed by atoms with Gasteiger partial charge < -0.3 is 15.0 Å². The van der Waals surface area contributed by atoms with E-state index in [2.05, 4.69) is 46.0 Å². The molecule has 0 aromatic rings. The molecular formula is C25H40N2O3. The zero-order valence-electron chi connectivity index (χ0n) is 19.7. The second kappa shape index (κ2) is 7.27. The average Bonchev–Trinajstić information content (AvgIpc) is 2.99. The van der Waals surface area contributed by atoms with Crippen LogP contribution in [-0.2, 0) is 9.53 Å². The van der Waals surface area contributed by atoms with Crippen LogP contribution < -0.4 is 5.32 Å². The molecule has 1 heterocycles. The summed E-state index contributed by atoms with van der Waals surface area (Å²) in [6.45, 7) is 11.5. The van der Waals surface area contributed by atoms with Gasteiger partial charge in [-0.3, -0.25) is 4.79 Å². The number of amides is 2. The molecule has 0 bridgehead atoms. The van der Waals surface area contributed by atoms with Gasteiger partial charge in [-0.05, 0) is 73.2 Å². The maximum Gasteiger partial charge on any atom is 0.407 e. The van der Waals surface area contributed by atoms with E-state index in [0.717, 1.165) is 19.3 Å². The molecule has 3 fully saturated rings. The van der Waals surface area contributed by atoms with E-state index in [0.29, 0.717) is 30.4 Å². The SMILES string of the molecule is CN1C(=O)C=C[C@]2(C)[C@H]3CC[C@]4(C)[C@@H](NC(=O)OCC(C)(C)C)CC[C@H]4[C@@H]3CC[C@@H]12. The van der Waals surface area contributed by atoms with Crippen LogP contribution in [0.4, 0.5) is 4.79 Å². The van der Waals surface area contributed by atoms with Crippen molar-refractivity contribution in [2.24, 2.45) is 34.0 Å². The summed E-state index contributed by atoms with van der Waals surface area (Å²) in [6.07, 6.45) is 10.6. The number of carbonyl (C=O) groups excluding carboxylic acids is 2. The van der Waals surface area contributed by atoms with Gasteiger partial charge in [0.1, 0.15) is 0 Å². The van der Waals surface area contributed by atoms with Gasteiger partial charge in [-0.1, -0.05) is 40.7 Å². The summed E-state index contributed by atoms with van der Waals surface area (Å²) in [6, 6.07) is 0.524. The van der Waals surface area contributed by atoms with Crippen molar-refractivity contribution in [1.29, 1.82) is 0 Å². The van der Waals surface area contributed by atoms with Crippen LogP contribution in [0.15, 0.2) is 12.2 Å². The molecule has 0 saturated heterocycles.